The number of hydrogen-bond acceptors (Lipinski definition) is 12. The molecule has 0 unspecified atom stereocenters. The van der Waals surface area contributed by atoms with Gasteiger partial charge in [-0.05, 0) is 76.3 Å². The largest absolute Gasteiger partial charge is 0.464 e. The van der Waals surface area contributed by atoms with Crippen LogP contribution in [0.5, 0.6) is 0 Å². The number of likely N-dealkylation sites (N-methyl/N-ethyl adjacent to an activating group) is 1. The summed E-state index contributed by atoms with van der Waals surface area (Å²) in [5.41, 5.74) is 6.92. The lowest BCUT2D eigenvalue weighted by atomic mass is 9.84. The standard InChI is InChI=1S/C42H52N10O4S.4H2S/c1-25-16-28(25)38(53)46-32-19-36-45-33(22-57-36)26-9-10-34-29(17-26)30(20-41(2,3)24-56-40(55)31-8-7-11-51(48-31)39(32)54)37(52(34)42(4,5)23-43)27-18-35(47-44-21-27)50-14-12-49(6)13-15-50;;;;/h9-10,17-18,21-22,25,28,31-32,48H,7-8,11-16,19-20,24H2,1-6H3,(H,46,53);4*1H2/t25-,28-,31-,32-;;;;/m0..../s1. The molecule has 8 rings (SSSR count). The maximum atomic E-state index is 14.1. The number of carbonyl (C=O) groups excluding carboxylic acids is 3. The van der Waals surface area contributed by atoms with E-state index in [9.17, 15) is 19.6 Å². The van der Waals surface area contributed by atoms with Crippen LogP contribution in [0.3, 0.4) is 0 Å². The maximum absolute atomic E-state index is 14.1. The van der Waals surface area contributed by atoms with Gasteiger partial charge in [0.15, 0.2) is 5.82 Å². The topological polar surface area (TPSA) is 162 Å². The molecule has 6 bridgehead atoms. The summed E-state index contributed by atoms with van der Waals surface area (Å²) < 4.78 is 8.19. The van der Waals surface area contributed by atoms with Crippen molar-refractivity contribution in [1.29, 1.82) is 5.26 Å². The van der Waals surface area contributed by atoms with Crippen molar-refractivity contribution < 1.29 is 19.1 Å². The molecule has 2 saturated heterocycles. The van der Waals surface area contributed by atoms with Gasteiger partial charge in [-0.15, -0.1) is 16.4 Å². The van der Waals surface area contributed by atoms with Gasteiger partial charge in [0.25, 0.3) is 5.91 Å². The van der Waals surface area contributed by atoms with Crippen molar-refractivity contribution in [3.05, 3.63) is 46.4 Å². The fourth-order valence-electron chi connectivity index (χ4n) is 8.38. The first-order chi connectivity index (χ1) is 27.2. The average molecular weight is 929 g/mol. The van der Waals surface area contributed by atoms with E-state index in [-0.39, 0.29) is 90.7 Å². The second kappa shape index (κ2) is 19.9. The van der Waals surface area contributed by atoms with Crippen LogP contribution >= 0.6 is 65.3 Å². The Bertz CT molecular complexity index is 2270. The van der Waals surface area contributed by atoms with Gasteiger partial charge in [0, 0.05) is 72.4 Å². The third kappa shape index (κ3) is 10.5. The third-order valence-electron chi connectivity index (χ3n) is 11.9. The number of rotatable bonds is 5. The third-order valence-corrected chi connectivity index (χ3v) is 12.8. The van der Waals surface area contributed by atoms with E-state index in [4.69, 9.17) is 9.72 Å². The number of benzene rings is 1. The molecule has 2 N–H and O–H groups in total. The van der Waals surface area contributed by atoms with Gasteiger partial charge in [-0.2, -0.15) is 64.3 Å². The van der Waals surface area contributed by atoms with Gasteiger partial charge in [-0.1, -0.05) is 26.8 Å². The second-order valence-corrected chi connectivity index (χ2v) is 18.6. The second-order valence-electron chi connectivity index (χ2n) is 17.6. The molecule has 3 aliphatic heterocycles. The first-order valence-corrected chi connectivity index (χ1v) is 20.9. The van der Waals surface area contributed by atoms with Gasteiger partial charge in [0.1, 0.15) is 17.6 Å². The number of hydrogen-bond donors (Lipinski definition) is 2. The Morgan fingerprint density at radius 3 is 2.48 bits per heavy atom. The van der Waals surface area contributed by atoms with E-state index in [0.29, 0.717) is 30.8 Å². The predicted molar refractivity (Wildman–Crippen MR) is 259 cm³/mol. The first-order valence-electron chi connectivity index (χ1n) is 20.1. The molecule has 0 spiro atoms. The van der Waals surface area contributed by atoms with E-state index in [0.717, 1.165) is 77.4 Å². The Morgan fingerprint density at radius 2 is 1.79 bits per heavy atom. The molecule has 61 heavy (non-hydrogen) atoms. The highest BCUT2D eigenvalue weighted by atomic mass is 32.1. The zero-order chi connectivity index (χ0) is 40.2. The molecule has 3 fully saturated rings. The number of carbonyl (C=O) groups is 3. The summed E-state index contributed by atoms with van der Waals surface area (Å²) in [7, 11) is 2.12. The minimum absolute atomic E-state index is 0. The van der Waals surface area contributed by atoms with Crippen LogP contribution in [-0.4, -0.2) is 106 Å². The molecule has 4 atom stereocenters. The molecule has 1 aromatic carbocycles. The smallest absolute Gasteiger partial charge is 0.324 e. The number of esters is 1. The summed E-state index contributed by atoms with van der Waals surface area (Å²) in [4.78, 5) is 50.6. The SMILES string of the molecule is C[C@H]1C[C@@H]1C(=O)N[C@H]1Cc2nc(cs2)-c2ccc3c(c2)c(c(-c2cnnc(N4CCN(C)CC4)c2)n3C(C)(C)C#N)CC(C)(C)COC(=O)[C@@H]2CCCN(N2)C1=O.S.S.S.S. The fourth-order valence-corrected chi connectivity index (χ4v) is 9.23. The molecular weight excluding hydrogens is 869 g/mol. The van der Waals surface area contributed by atoms with E-state index in [1.165, 1.54) is 16.3 Å². The summed E-state index contributed by atoms with van der Waals surface area (Å²) in [5, 5.41) is 27.9. The molecule has 19 heteroatoms. The van der Waals surface area contributed by atoms with Crippen LogP contribution in [0.25, 0.3) is 33.4 Å². The minimum Gasteiger partial charge on any atom is -0.464 e. The summed E-state index contributed by atoms with van der Waals surface area (Å²) in [6.45, 7) is 14.1. The molecule has 4 aromatic rings. The molecule has 332 valence electrons. The number of hydrazine groups is 1. The zero-order valence-corrected chi connectivity index (χ0v) is 40.5. The minimum atomic E-state index is -0.951. The summed E-state index contributed by atoms with van der Waals surface area (Å²) in [5.74, 6) is 0.109. The number of thiazole rings is 1. The molecule has 1 aliphatic carbocycles. The molecule has 0 radical (unpaired) electrons. The van der Waals surface area contributed by atoms with E-state index >= 15 is 0 Å². The van der Waals surface area contributed by atoms with Gasteiger partial charge >= 0.3 is 5.97 Å². The number of ether oxygens (including phenoxy) is 1. The lowest BCUT2D eigenvalue weighted by Crippen LogP contribution is -2.60. The van der Waals surface area contributed by atoms with Crippen molar-refractivity contribution >= 4 is 99.8 Å². The van der Waals surface area contributed by atoms with Crippen molar-refractivity contribution in [3.8, 4) is 28.6 Å². The van der Waals surface area contributed by atoms with Gasteiger partial charge in [-0.25, -0.2) is 10.4 Å². The van der Waals surface area contributed by atoms with Gasteiger partial charge in [0.2, 0.25) is 5.91 Å². The number of piperazine rings is 1. The molecule has 2 amide bonds. The van der Waals surface area contributed by atoms with Crippen molar-refractivity contribution in [2.24, 2.45) is 17.3 Å². The van der Waals surface area contributed by atoms with E-state index in [1.807, 2.05) is 32.2 Å². The Hall–Kier alpha value is -3.51. The van der Waals surface area contributed by atoms with Gasteiger partial charge < -0.3 is 24.4 Å². The molecule has 6 heterocycles. The highest BCUT2D eigenvalue weighted by molar-refractivity contribution is 7.59. The number of nitriles is 1. The number of nitrogens with zero attached hydrogens (tertiary/aromatic N) is 8. The average Bonchev–Trinajstić information content (AvgIpc) is 3.61. The number of fused-ring (bicyclic) bond motifs is 6. The van der Waals surface area contributed by atoms with E-state index < -0.39 is 29.0 Å². The van der Waals surface area contributed by atoms with Crippen LogP contribution in [0.15, 0.2) is 35.8 Å². The van der Waals surface area contributed by atoms with Crippen molar-refractivity contribution in [1.82, 2.24) is 40.4 Å². The summed E-state index contributed by atoms with van der Waals surface area (Å²) >= 11 is 1.45. The van der Waals surface area contributed by atoms with Crippen molar-refractivity contribution in [2.45, 2.75) is 84.3 Å². The van der Waals surface area contributed by atoms with Crippen LogP contribution in [-0.2, 0) is 37.5 Å². The number of aromatic nitrogens is 4. The Morgan fingerprint density at radius 1 is 1.07 bits per heavy atom. The Labute approximate surface area is 390 Å². The van der Waals surface area contributed by atoms with E-state index in [2.05, 4.69) is 80.5 Å². The highest BCUT2D eigenvalue weighted by Gasteiger charge is 2.42. The molecule has 14 nitrogen and oxygen atoms in total. The highest BCUT2D eigenvalue weighted by Crippen LogP contribution is 2.43. The summed E-state index contributed by atoms with van der Waals surface area (Å²) in [6.07, 6.45) is 4.44. The number of cyclic esters (lactones) is 1. The zero-order valence-electron chi connectivity index (χ0n) is 35.7. The maximum Gasteiger partial charge on any atom is 0.324 e. The van der Waals surface area contributed by atoms with Crippen LogP contribution in [0.4, 0.5) is 5.82 Å². The van der Waals surface area contributed by atoms with Crippen molar-refractivity contribution in [3.63, 3.8) is 0 Å². The number of anilines is 1. The lowest BCUT2D eigenvalue weighted by Gasteiger charge is -2.35. The predicted octanol–water partition coefficient (Wildman–Crippen LogP) is 4.99. The summed E-state index contributed by atoms with van der Waals surface area (Å²) in [6, 6.07) is 9.30. The number of amides is 2. The van der Waals surface area contributed by atoms with Gasteiger partial charge in [0.05, 0.1) is 40.8 Å². The van der Waals surface area contributed by atoms with Crippen LogP contribution < -0.4 is 15.6 Å². The molecule has 3 aromatic heterocycles. The molecule has 4 aliphatic rings. The van der Waals surface area contributed by atoms with E-state index in [1.54, 1.807) is 6.20 Å². The van der Waals surface area contributed by atoms with Crippen molar-refractivity contribution in [2.75, 3.05) is 51.3 Å². The van der Waals surface area contributed by atoms with Crippen LogP contribution in [0.2, 0.25) is 0 Å². The molecular formula is C42H60N10O4S5. The normalized spacial score (nSPS) is 22.8. The fraction of sp³-hybridized carbons (Fsp3) is 0.548. The quantitative estimate of drug-likeness (QED) is 0.260. The van der Waals surface area contributed by atoms with Gasteiger partial charge in [-0.3, -0.25) is 19.4 Å². The van der Waals surface area contributed by atoms with Crippen LogP contribution in [0.1, 0.15) is 64.5 Å². The lowest BCUT2D eigenvalue weighted by molar-refractivity contribution is -0.155. The Kier molecular flexibility index (Phi) is 16.4. The number of nitrogens with one attached hydrogen (secondary N) is 2. The Balaban J connectivity index is 0.00000205. The molecule has 1 saturated carbocycles. The van der Waals surface area contributed by atoms with Crippen LogP contribution in [0, 0.1) is 28.6 Å². The monoisotopic (exact) mass is 928 g/mol. The first kappa shape index (κ1) is 50.1.